The average molecular weight is 239 g/mol. The maximum atomic E-state index is 10.2. The molecule has 0 bridgehead atoms. The fraction of sp³-hybridized carbons (Fsp3) is 0.667. The molecule has 0 aliphatic carbocycles. The van der Waals surface area contributed by atoms with Crippen molar-refractivity contribution in [3.05, 3.63) is 0 Å². The molecule has 0 aromatic rings. The van der Waals surface area contributed by atoms with Gasteiger partial charge in [-0.2, -0.15) is 0 Å². The minimum Gasteiger partial charge on any atom is -0.731 e. The number of thiocarbonyl (C=S) groups is 1. The van der Waals surface area contributed by atoms with E-state index in [1.807, 2.05) is 0 Å². The molecular formula is C3H6KNO3S3. The topological polar surface area (TPSA) is 60.4 Å². The van der Waals surface area contributed by atoms with E-state index in [-0.39, 0.29) is 55.7 Å². The van der Waals surface area contributed by atoms with Gasteiger partial charge in [0.2, 0.25) is 0 Å². The van der Waals surface area contributed by atoms with Gasteiger partial charge in [0.15, 0.2) is 10.3 Å². The SMILES string of the molecule is CSC(=S)N(C)S(=O)(=O)[O-].[K+]. The summed E-state index contributed by atoms with van der Waals surface area (Å²) < 4.78 is 31.2. The molecule has 0 atom stereocenters. The largest absolute Gasteiger partial charge is 1.00 e. The molecule has 0 spiro atoms. The van der Waals surface area contributed by atoms with Gasteiger partial charge in [-0.25, -0.2) is 8.42 Å². The fourth-order valence-corrected chi connectivity index (χ4v) is 1.43. The predicted octanol–water partition coefficient (Wildman–Crippen LogP) is -2.97. The fourth-order valence-electron chi connectivity index (χ4n) is 0.220. The average Bonchev–Trinajstić information content (AvgIpc) is 1.83. The first-order valence-electron chi connectivity index (χ1n) is 2.17. The number of nitrogens with zero attached hydrogens (tertiary/aromatic N) is 1. The Kier molecular flexibility index (Phi) is 8.71. The molecule has 11 heavy (non-hydrogen) atoms. The molecule has 60 valence electrons. The first-order chi connectivity index (χ1) is 4.39. The normalized spacial score (nSPS) is 10.1. The third-order valence-corrected chi connectivity index (χ3v) is 3.25. The molecule has 0 aromatic carbocycles. The third-order valence-electron chi connectivity index (χ3n) is 0.767. The van der Waals surface area contributed by atoms with E-state index >= 15 is 0 Å². The van der Waals surface area contributed by atoms with Crippen LogP contribution >= 0.6 is 24.0 Å². The molecule has 0 fully saturated rings. The molecule has 0 heterocycles. The Hall–Kier alpha value is 1.79. The van der Waals surface area contributed by atoms with Crippen molar-refractivity contribution in [2.24, 2.45) is 0 Å². The molecule has 4 nitrogen and oxygen atoms in total. The van der Waals surface area contributed by atoms with E-state index in [9.17, 15) is 13.0 Å². The van der Waals surface area contributed by atoms with Crippen LogP contribution in [0.2, 0.25) is 0 Å². The number of hydrogen-bond acceptors (Lipinski definition) is 5. The van der Waals surface area contributed by atoms with E-state index < -0.39 is 10.3 Å². The summed E-state index contributed by atoms with van der Waals surface area (Å²) in [6.45, 7) is 0. The summed E-state index contributed by atoms with van der Waals surface area (Å²) in [6, 6.07) is 0. The molecule has 0 radical (unpaired) electrons. The first-order valence-corrected chi connectivity index (χ1v) is 5.17. The van der Waals surface area contributed by atoms with Crippen LogP contribution in [0.4, 0.5) is 0 Å². The van der Waals surface area contributed by atoms with Gasteiger partial charge in [-0.3, -0.25) is 4.31 Å². The number of thioether (sulfide) groups is 1. The minimum atomic E-state index is -4.39. The summed E-state index contributed by atoms with van der Waals surface area (Å²) in [5.41, 5.74) is 0. The summed E-state index contributed by atoms with van der Waals surface area (Å²) in [6.07, 6.45) is 1.60. The maximum Gasteiger partial charge on any atom is 1.00 e. The van der Waals surface area contributed by atoms with Crippen LogP contribution in [0.25, 0.3) is 0 Å². The van der Waals surface area contributed by atoms with E-state index in [4.69, 9.17) is 0 Å². The van der Waals surface area contributed by atoms with Gasteiger partial charge in [0.05, 0.1) is 0 Å². The molecule has 8 heteroatoms. The van der Waals surface area contributed by atoms with Crippen LogP contribution < -0.4 is 51.4 Å². The molecule has 0 aliphatic rings. The summed E-state index contributed by atoms with van der Waals surface area (Å²) in [5, 5.41) is 0. The van der Waals surface area contributed by atoms with Crippen LogP contribution in [0.5, 0.6) is 0 Å². The van der Waals surface area contributed by atoms with Gasteiger partial charge in [-0.15, -0.1) is 0 Å². The summed E-state index contributed by atoms with van der Waals surface area (Å²) >= 11 is 5.57. The summed E-state index contributed by atoms with van der Waals surface area (Å²) in [7, 11) is -3.27. The molecule has 0 N–H and O–H groups in total. The van der Waals surface area contributed by atoms with E-state index in [1.54, 1.807) is 6.26 Å². The first kappa shape index (κ1) is 15.3. The zero-order valence-electron chi connectivity index (χ0n) is 6.40. The van der Waals surface area contributed by atoms with Crippen LogP contribution in [0, 0.1) is 0 Å². The Bertz CT molecular complexity index is 226. The Balaban J connectivity index is 0. The van der Waals surface area contributed by atoms with Gasteiger partial charge in [-0.05, 0) is 6.26 Å². The Labute approximate surface area is 118 Å². The Morgan fingerprint density at radius 3 is 2.09 bits per heavy atom. The molecule has 0 amide bonds. The molecule has 0 aliphatic heterocycles. The van der Waals surface area contributed by atoms with Crippen molar-refractivity contribution in [2.45, 2.75) is 0 Å². The van der Waals surface area contributed by atoms with Gasteiger partial charge in [-0.1, -0.05) is 24.0 Å². The monoisotopic (exact) mass is 239 g/mol. The second kappa shape index (κ2) is 6.27. The van der Waals surface area contributed by atoms with E-state index in [0.29, 0.717) is 4.31 Å². The van der Waals surface area contributed by atoms with Crippen molar-refractivity contribution in [2.75, 3.05) is 13.3 Å². The zero-order chi connectivity index (χ0) is 8.36. The molecular weight excluding hydrogens is 233 g/mol. The number of hydrogen-bond donors (Lipinski definition) is 0. The van der Waals surface area contributed by atoms with Crippen molar-refractivity contribution in [3.8, 4) is 0 Å². The minimum absolute atomic E-state index is 0. The van der Waals surface area contributed by atoms with Crippen molar-refractivity contribution in [1.82, 2.24) is 4.31 Å². The van der Waals surface area contributed by atoms with Crippen LogP contribution in [-0.4, -0.2) is 34.9 Å². The molecule has 0 unspecified atom stereocenters. The molecule has 0 saturated carbocycles. The van der Waals surface area contributed by atoms with E-state index in [1.165, 1.54) is 0 Å². The number of rotatable bonds is 1. The van der Waals surface area contributed by atoms with Gasteiger partial charge >= 0.3 is 51.4 Å². The molecule has 0 saturated heterocycles. The standard InChI is InChI=1S/C3H7NO3S3.K/c1-4(3(8)9-2)10(5,6)7;/h1-2H3,(H,5,6,7);/q;+1/p-1. The van der Waals surface area contributed by atoms with Crippen molar-refractivity contribution in [3.63, 3.8) is 0 Å². The van der Waals surface area contributed by atoms with Crippen molar-refractivity contribution < 1.29 is 64.4 Å². The maximum absolute atomic E-state index is 10.2. The van der Waals surface area contributed by atoms with Crippen molar-refractivity contribution in [1.29, 1.82) is 0 Å². The van der Waals surface area contributed by atoms with Crippen LogP contribution in [0.1, 0.15) is 0 Å². The van der Waals surface area contributed by atoms with Gasteiger partial charge in [0, 0.05) is 7.05 Å². The zero-order valence-corrected chi connectivity index (χ0v) is 12.0. The smallest absolute Gasteiger partial charge is 0.731 e. The summed E-state index contributed by atoms with van der Waals surface area (Å²) in [4.78, 5) is 0. The quantitative estimate of drug-likeness (QED) is 0.278. The van der Waals surface area contributed by atoms with Crippen LogP contribution in [0.15, 0.2) is 0 Å². The van der Waals surface area contributed by atoms with Gasteiger partial charge < -0.3 is 4.55 Å². The van der Waals surface area contributed by atoms with Gasteiger partial charge in [0.25, 0.3) is 0 Å². The second-order valence-electron chi connectivity index (χ2n) is 1.40. The van der Waals surface area contributed by atoms with Gasteiger partial charge in [0.1, 0.15) is 4.32 Å². The van der Waals surface area contributed by atoms with E-state index in [2.05, 4.69) is 12.2 Å². The Morgan fingerprint density at radius 2 is 2.00 bits per heavy atom. The van der Waals surface area contributed by atoms with E-state index in [0.717, 1.165) is 18.8 Å². The van der Waals surface area contributed by atoms with Crippen molar-refractivity contribution >= 4 is 38.6 Å². The summed E-state index contributed by atoms with van der Waals surface area (Å²) in [5.74, 6) is 0. The molecule has 0 rings (SSSR count). The predicted molar refractivity (Wildman–Crippen MR) is 43.6 cm³/mol. The van der Waals surface area contributed by atoms with Crippen LogP contribution in [0.3, 0.4) is 0 Å². The Morgan fingerprint density at radius 1 is 1.64 bits per heavy atom. The second-order valence-corrected chi connectivity index (χ2v) is 4.24. The molecule has 0 aromatic heterocycles. The van der Waals surface area contributed by atoms with Crippen LogP contribution in [-0.2, 0) is 10.3 Å². The third kappa shape index (κ3) is 5.94.